The number of anilines is 2. The fraction of sp³-hybridized carbons (Fsp3) is 0.421. The number of hydrogen-bond donors (Lipinski definition) is 1. The predicted octanol–water partition coefficient (Wildman–Crippen LogP) is 1.33. The molecule has 2 aromatic rings. The SMILES string of the molecule is O=C(c1ccc(N2CCCC2)cc1)N1CCN(c2ncc[nH]c2=O)CC1. The van der Waals surface area contributed by atoms with Crippen LogP contribution in [0.15, 0.2) is 41.5 Å². The highest BCUT2D eigenvalue weighted by molar-refractivity contribution is 5.94. The molecular formula is C19H23N5O2. The number of carbonyl (C=O) groups excluding carboxylic acids is 1. The van der Waals surface area contributed by atoms with E-state index in [4.69, 9.17) is 0 Å². The van der Waals surface area contributed by atoms with Gasteiger partial charge in [0.15, 0.2) is 5.82 Å². The van der Waals surface area contributed by atoms with Crippen molar-refractivity contribution in [1.82, 2.24) is 14.9 Å². The van der Waals surface area contributed by atoms with Crippen LogP contribution in [0.4, 0.5) is 11.5 Å². The number of aromatic amines is 1. The lowest BCUT2D eigenvalue weighted by molar-refractivity contribution is 0.0746. The van der Waals surface area contributed by atoms with Gasteiger partial charge in [0.1, 0.15) is 0 Å². The van der Waals surface area contributed by atoms with Crippen LogP contribution in [0.1, 0.15) is 23.2 Å². The molecule has 0 saturated carbocycles. The zero-order chi connectivity index (χ0) is 17.9. The number of aromatic nitrogens is 2. The molecule has 136 valence electrons. The molecule has 0 spiro atoms. The van der Waals surface area contributed by atoms with E-state index in [9.17, 15) is 9.59 Å². The first kappa shape index (κ1) is 16.6. The fourth-order valence-electron chi connectivity index (χ4n) is 3.66. The molecule has 7 nitrogen and oxygen atoms in total. The van der Waals surface area contributed by atoms with E-state index in [2.05, 4.69) is 14.9 Å². The summed E-state index contributed by atoms with van der Waals surface area (Å²) < 4.78 is 0. The first-order chi connectivity index (χ1) is 12.7. The van der Waals surface area contributed by atoms with Gasteiger partial charge in [-0.3, -0.25) is 9.59 Å². The van der Waals surface area contributed by atoms with Crippen LogP contribution in [0.2, 0.25) is 0 Å². The zero-order valence-corrected chi connectivity index (χ0v) is 14.7. The number of benzene rings is 1. The van der Waals surface area contributed by atoms with E-state index < -0.39 is 0 Å². The molecule has 0 bridgehead atoms. The molecule has 2 aliphatic heterocycles. The van der Waals surface area contributed by atoms with E-state index in [1.165, 1.54) is 24.7 Å². The molecule has 4 rings (SSSR count). The van der Waals surface area contributed by atoms with Gasteiger partial charge < -0.3 is 19.7 Å². The normalized spacial score (nSPS) is 17.6. The average molecular weight is 353 g/mol. The van der Waals surface area contributed by atoms with E-state index in [1.807, 2.05) is 34.1 Å². The van der Waals surface area contributed by atoms with Gasteiger partial charge in [-0.25, -0.2) is 4.98 Å². The summed E-state index contributed by atoms with van der Waals surface area (Å²) in [6.07, 6.45) is 5.59. The van der Waals surface area contributed by atoms with Crippen molar-refractivity contribution in [2.45, 2.75) is 12.8 Å². The van der Waals surface area contributed by atoms with Crippen molar-refractivity contribution >= 4 is 17.4 Å². The summed E-state index contributed by atoms with van der Waals surface area (Å²) in [6, 6.07) is 7.93. The van der Waals surface area contributed by atoms with Crippen molar-refractivity contribution in [2.75, 3.05) is 49.1 Å². The van der Waals surface area contributed by atoms with Gasteiger partial charge in [-0.2, -0.15) is 0 Å². The second-order valence-electron chi connectivity index (χ2n) is 6.76. The van der Waals surface area contributed by atoms with Crippen molar-refractivity contribution in [3.8, 4) is 0 Å². The Hall–Kier alpha value is -2.83. The number of carbonyl (C=O) groups is 1. The Morgan fingerprint density at radius 3 is 2.27 bits per heavy atom. The molecule has 1 aromatic heterocycles. The van der Waals surface area contributed by atoms with Crippen LogP contribution in [0.5, 0.6) is 0 Å². The molecule has 7 heteroatoms. The van der Waals surface area contributed by atoms with Crippen molar-refractivity contribution in [3.63, 3.8) is 0 Å². The molecule has 1 N–H and O–H groups in total. The van der Waals surface area contributed by atoms with E-state index in [0.717, 1.165) is 18.7 Å². The average Bonchev–Trinajstić information content (AvgIpc) is 3.23. The lowest BCUT2D eigenvalue weighted by atomic mass is 10.1. The molecule has 3 heterocycles. The van der Waals surface area contributed by atoms with Crippen LogP contribution >= 0.6 is 0 Å². The Morgan fingerprint density at radius 1 is 0.923 bits per heavy atom. The first-order valence-electron chi connectivity index (χ1n) is 9.15. The highest BCUT2D eigenvalue weighted by atomic mass is 16.2. The van der Waals surface area contributed by atoms with Crippen molar-refractivity contribution < 1.29 is 4.79 Å². The maximum Gasteiger partial charge on any atom is 0.290 e. The monoisotopic (exact) mass is 353 g/mol. The Morgan fingerprint density at radius 2 is 1.62 bits per heavy atom. The van der Waals surface area contributed by atoms with Crippen LogP contribution in [0.3, 0.4) is 0 Å². The lowest BCUT2D eigenvalue weighted by Crippen LogP contribution is -2.50. The minimum Gasteiger partial charge on any atom is -0.372 e. The Bertz CT molecular complexity index is 818. The third-order valence-corrected chi connectivity index (χ3v) is 5.14. The molecule has 2 saturated heterocycles. The third-order valence-electron chi connectivity index (χ3n) is 5.14. The summed E-state index contributed by atoms with van der Waals surface area (Å²) >= 11 is 0. The quantitative estimate of drug-likeness (QED) is 0.901. The number of H-pyrrole nitrogens is 1. The molecule has 26 heavy (non-hydrogen) atoms. The summed E-state index contributed by atoms with van der Waals surface area (Å²) in [6.45, 7) is 4.59. The Balaban J connectivity index is 1.39. The molecule has 0 aliphatic carbocycles. The second kappa shape index (κ2) is 7.19. The van der Waals surface area contributed by atoms with Crippen LogP contribution < -0.4 is 15.4 Å². The zero-order valence-electron chi connectivity index (χ0n) is 14.7. The highest BCUT2D eigenvalue weighted by Crippen LogP contribution is 2.21. The molecule has 1 aromatic carbocycles. The standard InChI is InChI=1S/C19H23N5O2/c25-18-17(20-7-8-21-18)23-11-13-24(14-12-23)19(26)15-3-5-16(6-4-15)22-9-1-2-10-22/h3-8H,1-2,9-14H2,(H,21,25). The number of nitrogens with one attached hydrogen (secondary N) is 1. The largest absolute Gasteiger partial charge is 0.372 e. The number of nitrogens with zero attached hydrogens (tertiary/aromatic N) is 4. The van der Waals surface area contributed by atoms with Crippen LogP contribution in [-0.2, 0) is 0 Å². The van der Waals surface area contributed by atoms with E-state index >= 15 is 0 Å². The van der Waals surface area contributed by atoms with Gasteiger partial charge in [0.25, 0.3) is 11.5 Å². The van der Waals surface area contributed by atoms with Gasteiger partial charge in [-0.1, -0.05) is 0 Å². The lowest BCUT2D eigenvalue weighted by Gasteiger charge is -2.35. The number of hydrogen-bond acceptors (Lipinski definition) is 5. The van der Waals surface area contributed by atoms with Crippen molar-refractivity contribution in [1.29, 1.82) is 0 Å². The van der Waals surface area contributed by atoms with E-state index in [1.54, 1.807) is 6.20 Å². The van der Waals surface area contributed by atoms with Gasteiger partial charge in [0.2, 0.25) is 0 Å². The molecule has 0 radical (unpaired) electrons. The number of piperazine rings is 1. The highest BCUT2D eigenvalue weighted by Gasteiger charge is 2.24. The number of amides is 1. The molecule has 2 aliphatic rings. The van der Waals surface area contributed by atoms with Crippen LogP contribution in [-0.4, -0.2) is 60.0 Å². The summed E-state index contributed by atoms with van der Waals surface area (Å²) in [4.78, 5) is 37.5. The summed E-state index contributed by atoms with van der Waals surface area (Å²) in [7, 11) is 0. The smallest absolute Gasteiger partial charge is 0.290 e. The molecular weight excluding hydrogens is 330 g/mol. The fourth-order valence-corrected chi connectivity index (χ4v) is 3.66. The Labute approximate surface area is 152 Å². The number of rotatable bonds is 3. The predicted molar refractivity (Wildman–Crippen MR) is 101 cm³/mol. The van der Waals surface area contributed by atoms with Crippen LogP contribution in [0.25, 0.3) is 0 Å². The van der Waals surface area contributed by atoms with Gasteiger partial charge in [0, 0.05) is 62.9 Å². The minimum absolute atomic E-state index is 0.0487. The second-order valence-corrected chi connectivity index (χ2v) is 6.76. The van der Waals surface area contributed by atoms with Gasteiger partial charge in [-0.15, -0.1) is 0 Å². The van der Waals surface area contributed by atoms with Crippen molar-refractivity contribution in [3.05, 3.63) is 52.6 Å². The summed E-state index contributed by atoms with van der Waals surface area (Å²) in [5, 5.41) is 0. The van der Waals surface area contributed by atoms with Gasteiger partial charge in [-0.05, 0) is 37.1 Å². The summed E-state index contributed by atoms with van der Waals surface area (Å²) in [5.74, 6) is 0.474. The molecule has 0 atom stereocenters. The Kier molecular flexibility index (Phi) is 4.60. The molecule has 0 unspecified atom stereocenters. The topological polar surface area (TPSA) is 72.5 Å². The van der Waals surface area contributed by atoms with E-state index in [0.29, 0.717) is 32.0 Å². The van der Waals surface area contributed by atoms with Crippen LogP contribution in [0, 0.1) is 0 Å². The minimum atomic E-state index is -0.190. The molecule has 2 fully saturated rings. The first-order valence-corrected chi connectivity index (χ1v) is 9.15. The van der Waals surface area contributed by atoms with Crippen molar-refractivity contribution in [2.24, 2.45) is 0 Å². The van der Waals surface area contributed by atoms with Gasteiger partial charge in [0.05, 0.1) is 0 Å². The van der Waals surface area contributed by atoms with E-state index in [-0.39, 0.29) is 11.5 Å². The third kappa shape index (κ3) is 3.29. The summed E-state index contributed by atoms with van der Waals surface area (Å²) in [5.41, 5.74) is 1.72. The maximum absolute atomic E-state index is 12.8. The van der Waals surface area contributed by atoms with Gasteiger partial charge >= 0.3 is 0 Å². The molecule has 1 amide bonds. The maximum atomic E-state index is 12.8.